The van der Waals surface area contributed by atoms with Crippen LogP contribution >= 0.6 is 12.6 Å². The zero-order chi connectivity index (χ0) is 7.72. The van der Waals surface area contributed by atoms with Crippen LogP contribution in [0.1, 0.15) is 5.56 Å². The molecular weight excluding hydrogens is 149 g/mol. The Morgan fingerprint density at radius 1 is 1.50 bits per heavy atom. The fourth-order valence-electron chi connectivity index (χ4n) is 0.761. The largest absolute Gasteiger partial charge is 0.398 e. The van der Waals surface area contributed by atoms with E-state index in [4.69, 9.17) is 5.73 Å². The molecule has 1 aromatic rings. The van der Waals surface area contributed by atoms with Crippen molar-refractivity contribution in [3.05, 3.63) is 23.5 Å². The van der Waals surface area contributed by atoms with Crippen LogP contribution in [0.3, 0.4) is 0 Å². The zero-order valence-electron chi connectivity index (χ0n) is 5.56. The highest BCUT2D eigenvalue weighted by molar-refractivity contribution is 7.80. The normalized spacial score (nSPS) is 9.90. The van der Waals surface area contributed by atoms with Crippen LogP contribution in [0, 0.1) is 12.7 Å². The molecule has 0 unspecified atom stereocenters. The van der Waals surface area contributed by atoms with Gasteiger partial charge in [0.05, 0.1) is 4.90 Å². The molecule has 0 radical (unpaired) electrons. The highest BCUT2D eigenvalue weighted by Gasteiger charge is 2.01. The summed E-state index contributed by atoms with van der Waals surface area (Å²) in [4.78, 5) is 0.227. The smallest absolute Gasteiger partial charge is 0.138 e. The van der Waals surface area contributed by atoms with Crippen molar-refractivity contribution >= 4 is 18.3 Å². The third-order valence-corrected chi connectivity index (χ3v) is 1.71. The van der Waals surface area contributed by atoms with E-state index in [-0.39, 0.29) is 10.7 Å². The van der Waals surface area contributed by atoms with E-state index in [1.807, 2.05) is 0 Å². The Bertz CT molecular complexity index is 237. The molecular formula is C7H8FNS. The fraction of sp³-hybridized carbons (Fsp3) is 0.143. The molecule has 10 heavy (non-hydrogen) atoms. The second kappa shape index (κ2) is 2.50. The highest BCUT2D eigenvalue weighted by Crippen LogP contribution is 2.21. The van der Waals surface area contributed by atoms with Gasteiger partial charge >= 0.3 is 0 Å². The van der Waals surface area contributed by atoms with E-state index in [9.17, 15) is 4.39 Å². The maximum atomic E-state index is 12.7. The minimum absolute atomic E-state index is 0.227. The standard InChI is InChI=1S/C7H8FNS/c1-4-2-5(8)7(10)6(9)3-4/h2-3,10H,9H2,1H3. The lowest BCUT2D eigenvalue weighted by molar-refractivity contribution is 0.603. The summed E-state index contributed by atoms with van der Waals surface area (Å²) in [5.41, 5.74) is 6.61. The molecule has 0 saturated heterocycles. The number of nitrogen functional groups attached to an aromatic ring is 1. The summed E-state index contributed by atoms with van der Waals surface area (Å²) in [6.45, 7) is 1.78. The average molecular weight is 157 g/mol. The number of nitrogens with two attached hydrogens (primary N) is 1. The van der Waals surface area contributed by atoms with Crippen LogP contribution in [0.4, 0.5) is 10.1 Å². The molecule has 0 aliphatic carbocycles. The third kappa shape index (κ3) is 1.24. The van der Waals surface area contributed by atoms with Crippen molar-refractivity contribution in [2.24, 2.45) is 0 Å². The van der Waals surface area contributed by atoms with Gasteiger partial charge in [0.15, 0.2) is 0 Å². The molecule has 54 valence electrons. The van der Waals surface area contributed by atoms with Gasteiger partial charge < -0.3 is 5.73 Å². The quantitative estimate of drug-likeness (QED) is 0.437. The number of hydrogen-bond acceptors (Lipinski definition) is 2. The number of halogens is 1. The number of hydrogen-bond donors (Lipinski definition) is 2. The predicted octanol–water partition coefficient (Wildman–Crippen LogP) is 2.01. The fourth-order valence-corrected chi connectivity index (χ4v) is 0.891. The Morgan fingerprint density at radius 3 is 2.60 bits per heavy atom. The van der Waals surface area contributed by atoms with Crippen molar-refractivity contribution in [2.45, 2.75) is 11.8 Å². The lowest BCUT2D eigenvalue weighted by Crippen LogP contribution is -1.90. The van der Waals surface area contributed by atoms with Crippen molar-refractivity contribution < 1.29 is 4.39 Å². The van der Waals surface area contributed by atoms with E-state index in [0.717, 1.165) is 5.56 Å². The summed E-state index contributed by atoms with van der Waals surface area (Å²) < 4.78 is 12.7. The molecule has 0 fully saturated rings. The summed E-state index contributed by atoms with van der Waals surface area (Å²) in [6, 6.07) is 3.09. The van der Waals surface area contributed by atoms with Gasteiger partial charge in [0, 0.05) is 5.69 Å². The lowest BCUT2D eigenvalue weighted by Gasteiger charge is -2.00. The van der Waals surface area contributed by atoms with Crippen LogP contribution in [-0.2, 0) is 0 Å². The summed E-state index contributed by atoms with van der Waals surface area (Å²) in [6.07, 6.45) is 0. The van der Waals surface area contributed by atoms with E-state index in [1.54, 1.807) is 13.0 Å². The minimum atomic E-state index is -0.360. The molecule has 0 bridgehead atoms. The molecule has 0 spiro atoms. The van der Waals surface area contributed by atoms with Gasteiger partial charge in [-0.05, 0) is 24.6 Å². The average Bonchev–Trinajstić information content (AvgIpc) is 1.82. The SMILES string of the molecule is Cc1cc(N)c(S)c(F)c1. The van der Waals surface area contributed by atoms with Gasteiger partial charge in [-0.1, -0.05) is 0 Å². The third-order valence-electron chi connectivity index (χ3n) is 1.24. The molecule has 0 heterocycles. The highest BCUT2D eigenvalue weighted by atomic mass is 32.1. The van der Waals surface area contributed by atoms with E-state index < -0.39 is 0 Å². The molecule has 0 atom stereocenters. The second-order valence-corrected chi connectivity index (χ2v) is 2.63. The molecule has 0 amide bonds. The van der Waals surface area contributed by atoms with Crippen molar-refractivity contribution in [3.63, 3.8) is 0 Å². The van der Waals surface area contributed by atoms with E-state index in [2.05, 4.69) is 12.6 Å². The van der Waals surface area contributed by atoms with Crippen LogP contribution in [0.25, 0.3) is 0 Å². The van der Waals surface area contributed by atoms with Gasteiger partial charge in [-0.2, -0.15) is 0 Å². The topological polar surface area (TPSA) is 26.0 Å². The first-order chi connectivity index (χ1) is 4.61. The minimum Gasteiger partial charge on any atom is -0.398 e. The maximum Gasteiger partial charge on any atom is 0.138 e. The van der Waals surface area contributed by atoms with E-state index >= 15 is 0 Å². The summed E-state index contributed by atoms with van der Waals surface area (Å²) in [5.74, 6) is -0.360. The van der Waals surface area contributed by atoms with E-state index in [0.29, 0.717) is 5.69 Å². The van der Waals surface area contributed by atoms with Gasteiger partial charge in [0.25, 0.3) is 0 Å². The number of aryl methyl sites for hydroxylation is 1. The van der Waals surface area contributed by atoms with Crippen molar-refractivity contribution in [1.29, 1.82) is 0 Å². The van der Waals surface area contributed by atoms with Crippen molar-refractivity contribution in [2.75, 3.05) is 5.73 Å². The number of benzene rings is 1. The van der Waals surface area contributed by atoms with Gasteiger partial charge in [-0.3, -0.25) is 0 Å². The maximum absolute atomic E-state index is 12.7. The van der Waals surface area contributed by atoms with Crippen molar-refractivity contribution in [1.82, 2.24) is 0 Å². The van der Waals surface area contributed by atoms with Crippen LogP contribution in [0.15, 0.2) is 17.0 Å². The number of thiol groups is 1. The molecule has 1 nitrogen and oxygen atoms in total. The molecule has 3 heteroatoms. The van der Waals surface area contributed by atoms with E-state index in [1.165, 1.54) is 6.07 Å². The predicted molar refractivity (Wildman–Crippen MR) is 42.8 cm³/mol. The monoisotopic (exact) mass is 157 g/mol. The van der Waals surface area contributed by atoms with Gasteiger partial charge in [-0.25, -0.2) is 4.39 Å². The van der Waals surface area contributed by atoms with Crippen LogP contribution in [0.2, 0.25) is 0 Å². The van der Waals surface area contributed by atoms with Crippen molar-refractivity contribution in [3.8, 4) is 0 Å². The van der Waals surface area contributed by atoms with Crippen LogP contribution in [0.5, 0.6) is 0 Å². The first kappa shape index (κ1) is 7.41. The summed E-state index contributed by atoms with van der Waals surface area (Å²) in [7, 11) is 0. The Labute approximate surface area is 64.5 Å². The Morgan fingerprint density at radius 2 is 2.10 bits per heavy atom. The van der Waals surface area contributed by atoms with Crippen LogP contribution in [-0.4, -0.2) is 0 Å². The number of anilines is 1. The molecule has 0 saturated carbocycles. The molecule has 0 aromatic heterocycles. The molecule has 1 rings (SSSR count). The molecule has 1 aromatic carbocycles. The zero-order valence-corrected chi connectivity index (χ0v) is 6.45. The van der Waals surface area contributed by atoms with Gasteiger partial charge in [0.1, 0.15) is 5.82 Å². The van der Waals surface area contributed by atoms with Gasteiger partial charge in [-0.15, -0.1) is 12.6 Å². The molecule has 0 aliphatic heterocycles. The first-order valence-electron chi connectivity index (χ1n) is 2.86. The second-order valence-electron chi connectivity index (χ2n) is 2.18. The first-order valence-corrected chi connectivity index (χ1v) is 3.30. The summed E-state index contributed by atoms with van der Waals surface area (Å²) in [5, 5.41) is 0. The summed E-state index contributed by atoms with van der Waals surface area (Å²) >= 11 is 3.86. The van der Waals surface area contributed by atoms with Crippen LogP contribution < -0.4 is 5.73 Å². The Hall–Kier alpha value is -0.700. The number of rotatable bonds is 0. The lowest BCUT2D eigenvalue weighted by atomic mass is 10.2. The molecule has 2 N–H and O–H groups in total. The van der Waals surface area contributed by atoms with Gasteiger partial charge in [0.2, 0.25) is 0 Å². The Kier molecular flexibility index (Phi) is 1.85. The molecule has 0 aliphatic rings. The Balaban J connectivity index is 3.31.